The summed E-state index contributed by atoms with van der Waals surface area (Å²) >= 11 is 0. The van der Waals surface area contributed by atoms with Crippen molar-refractivity contribution < 1.29 is 0 Å². The zero-order valence-corrected chi connectivity index (χ0v) is 11.8. The Hall–Kier alpha value is -1.62. The fourth-order valence-corrected chi connectivity index (χ4v) is 2.55. The molecule has 5 nitrogen and oxygen atoms in total. The zero-order chi connectivity index (χ0) is 13.7. The maximum Gasteiger partial charge on any atom is 0.134 e. The molecule has 1 aliphatic rings. The maximum absolute atomic E-state index is 4.58. The van der Waals surface area contributed by atoms with Crippen molar-refractivity contribution in [3.05, 3.63) is 24.5 Å². The maximum atomic E-state index is 4.58. The van der Waals surface area contributed by atoms with E-state index in [4.69, 9.17) is 0 Å². The van der Waals surface area contributed by atoms with Gasteiger partial charge >= 0.3 is 0 Å². The summed E-state index contributed by atoms with van der Waals surface area (Å²) in [5.74, 6) is 2.70. The third-order valence-electron chi connectivity index (χ3n) is 3.36. The lowest BCUT2D eigenvalue weighted by Crippen LogP contribution is -2.37. The van der Waals surface area contributed by atoms with Crippen molar-refractivity contribution in [2.45, 2.75) is 25.8 Å². The Bertz CT molecular complexity index is 432. The van der Waals surface area contributed by atoms with E-state index in [9.17, 15) is 0 Å². The number of rotatable bonds is 6. The molecule has 104 valence electrons. The highest BCUT2D eigenvalue weighted by Crippen LogP contribution is 2.25. The van der Waals surface area contributed by atoms with E-state index in [0.717, 1.165) is 37.1 Å². The predicted molar refractivity (Wildman–Crippen MR) is 79.8 cm³/mol. The predicted octanol–water partition coefficient (Wildman–Crippen LogP) is 1.57. The molecule has 2 N–H and O–H groups in total. The largest absolute Gasteiger partial charge is 0.366 e. The molecule has 1 unspecified atom stereocenters. The van der Waals surface area contributed by atoms with Gasteiger partial charge in [0.25, 0.3) is 0 Å². The summed E-state index contributed by atoms with van der Waals surface area (Å²) in [7, 11) is 2.00. The standard InChI is InChI=1S/C14H23N5/c1-4-7-16-13-9-14(18-11(2)17-13)19-8-5-6-12(19)10-15-3/h4,9,12,15H,1,5-8,10H2,2-3H3,(H,16,17,18). The van der Waals surface area contributed by atoms with Crippen LogP contribution in [0.5, 0.6) is 0 Å². The Balaban J connectivity index is 2.18. The van der Waals surface area contributed by atoms with Gasteiger partial charge in [-0.05, 0) is 26.8 Å². The molecule has 0 aromatic carbocycles. The molecule has 1 atom stereocenters. The molecule has 1 aromatic rings. The van der Waals surface area contributed by atoms with Gasteiger partial charge in [0.15, 0.2) is 0 Å². The van der Waals surface area contributed by atoms with Crippen LogP contribution >= 0.6 is 0 Å². The van der Waals surface area contributed by atoms with Crippen molar-refractivity contribution in [2.24, 2.45) is 0 Å². The van der Waals surface area contributed by atoms with E-state index in [1.807, 2.05) is 26.1 Å². The van der Waals surface area contributed by atoms with Crippen LogP contribution in [0.1, 0.15) is 18.7 Å². The van der Waals surface area contributed by atoms with Crippen molar-refractivity contribution in [3.63, 3.8) is 0 Å². The average Bonchev–Trinajstić information content (AvgIpc) is 2.84. The van der Waals surface area contributed by atoms with Gasteiger partial charge in [-0.15, -0.1) is 6.58 Å². The van der Waals surface area contributed by atoms with E-state index in [1.165, 1.54) is 12.8 Å². The molecular formula is C14H23N5. The third kappa shape index (κ3) is 3.44. The van der Waals surface area contributed by atoms with Crippen LogP contribution < -0.4 is 15.5 Å². The number of anilines is 2. The molecule has 19 heavy (non-hydrogen) atoms. The lowest BCUT2D eigenvalue weighted by molar-refractivity contribution is 0.611. The van der Waals surface area contributed by atoms with Gasteiger partial charge in [0, 0.05) is 31.7 Å². The first-order valence-corrected chi connectivity index (χ1v) is 6.86. The fourth-order valence-electron chi connectivity index (χ4n) is 2.55. The van der Waals surface area contributed by atoms with Crippen molar-refractivity contribution >= 4 is 11.6 Å². The molecule has 1 aliphatic heterocycles. The number of nitrogens with one attached hydrogen (secondary N) is 2. The summed E-state index contributed by atoms with van der Waals surface area (Å²) in [6.07, 6.45) is 4.28. The van der Waals surface area contributed by atoms with Crippen molar-refractivity contribution in [2.75, 3.05) is 36.9 Å². The molecule has 0 aliphatic carbocycles. The second-order valence-electron chi connectivity index (χ2n) is 4.88. The summed E-state index contributed by atoms with van der Waals surface area (Å²) in [4.78, 5) is 11.4. The Labute approximate surface area is 115 Å². The van der Waals surface area contributed by atoms with Crippen LogP contribution in [0.15, 0.2) is 18.7 Å². The molecule has 2 rings (SSSR count). The monoisotopic (exact) mass is 261 g/mol. The first kappa shape index (κ1) is 13.8. The highest BCUT2D eigenvalue weighted by Gasteiger charge is 2.25. The van der Waals surface area contributed by atoms with Gasteiger partial charge in [-0.2, -0.15) is 0 Å². The fraction of sp³-hybridized carbons (Fsp3) is 0.571. The number of nitrogens with zero attached hydrogens (tertiary/aromatic N) is 3. The quantitative estimate of drug-likeness (QED) is 0.761. The normalized spacial score (nSPS) is 18.6. The van der Waals surface area contributed by atoms with Crippen LogP contribution in [0.2, 0.25) is 0 Å². The lowest BCUT2D eigenvalue weighted by atomic mass is 10.2. The van der Waals surface area contributed by atoms with Gasteiger partial charge in [0.1, 0.15) is 17.5 Å². The van der Waals surface area contributed by atoms with Gasteiger partial charge in [0.05, 0.1) is 0 Å². The first-order valence-electron chi connectivity index (χ1n) is 6.86. The van der Waals surface area contributed by atoms with Crippen molar-refractivity contribution in [3.8, 4) is 0 Å². The van der Waals surface area contributed by atoms with Gasteiger partial charge in [-0.3, -0.25) is 0 Å². The van der Waals surface area contributed by atoms with Gasteiger partial charge in [-0.1, -0.05) is 6.08 Å². The number of aryl methyl sites for hydroxylation is 1. The Morgan fingerprint density at radius 1 is 1.53 bits per heavy atom. The van der Waals surface area contributed by atoms with E-state index in [2.05, 4.69) is 32.1 Å². The van der Waals surface area contributed by atoms with Crippen LogP contribution in [0.3, 0.4) is 0 Å². The molecule has 0 radical (unpaired) electrons. The number of likely N-dealkylation sites (N-methyl/N-ethyl adjacent to an activating group) is 1. The summed E-state index contributed by atoms with van der Waals surface area (Å²) < 4.78 is 0. The molecule has 1 fully saturated rings. The average molecular weight is 261 g/mol. The van der Waals surface area contributed by atoms with Crippen LogP contribution in [-0.4, -0.2) is 42.7 Å². The summed E-state index contributed by atoms with van der Waals surface area (Å²) in [5.41, 5.74) is 0. The summed E-state index contributed by atoms with van der Waals surface area (Å²) in [6, 6.07) is 2.57. The van der Waals surface area contributed by atoms with E-state index in [1.54, 1.807) is 0 Å². The van der Waals surface area contributed by atoms with E-state index < -0.39 is 0 Å². The molecule has 0 saturated carbocycles. The molecule has 1 aromatic heterocycles. The molecule has 2 heterocycles. The second-order valence-corrected chi connectivity index (χ2v) is 4.88. The van der Waals surface area contributed by atoms with Gasteiger partial charge in [-0.25, -0.2) is 9.97 Å². The molecule has 0 spiro atoms. The molecule has 0 amide bonds. The number of hydrogen-bond acceptors (Lipinski definition) is 5. The minimum Gasteiger partial charge on any atom is -0.366 e. The molecule has 0 bridgehead atoms. The highest BCUT2D eigenvalue weighted by atomic mass is 15.3. The van der Waals surface area contributed by atoms with Crippen LogP contribution in [0, 0.1) is 6.92 Å². The Morgan fingerprint density at radius 3 is 3.11 bits per heavy atom. The molecule has 5 heteroatoms. The molecule has 1 saturated heterocycles. The first-order chi connectivity index (χ1) is 9.24. The van der Waals surface area contributed by atoms with Crippen molar-refractivity contribution in [1.29, 1.82) is 0 Å². The number of hydrogen-bond donors (Lipinski definition) is 2. The van der Waals surface area contributed by atoms with Crippen LogP contribution in [-0.2, 0) is 0 Å². The summed E-state index contributed by atoms with van der Waals surface area (Å²) in [6.45, 7) is 8.44. The Kier molecular flexibility index (Phi) is 4.74. The van der Waals surface area contributed by atoms with E-state index >= 15 is 0 Å². The minimum absolute atomic E-state index is 0.534. The topological polar surface area (TPSA) is 53.1 Å². The van der Waals surface area contributed by atoms with Gasteiger partial charge < -0.3 is 15.5 Å². The third-order valence-corrected chi connectivity index (χ3v) is 3.36. The SMILES string of the molecule is C=CCNc1cc(N2CCCC2CNC)nc(C)n1. The van der Waals surface area contributed by atoms with Gasteiger partial charge in [0.2, 0.25) is 0 Å². The smallest absolute Gasteiger partial charge is 0.134 e. The van der Waals surface area contributed by atoms with Crippen molar-refractivity contribution in [1.82, 2.24) is 15.3 Å². The van der Waals surface area contributed by atoms with E-state index in [-0.39, 0.29) is 0 Å². The Morgan fingerprint density at radius 2 is 2.37 bits per heavy atom. The summed E-state index contributed by atoms with van der Waals surface area (Å²) in [5, 5.41) is 6.49. The van der Waals surface area contributed by atoms with Crippen LogP contribution in [0.25, 0.3) is 0 Å². The highest BCUT2D eigenvalue weighted by molar-refractivity contribution is 5.51. The minimum atomic E-state index is 0.534. The lowest BCUT2D eigenvalue weighted by Gasteiger charge is -2.26. The molecular weight excluding hydrogens is 238 g/mol. The van der Waals surface area contributed by atoms with E-state index in [0.29, 0.717) is 6.04 Å². The number of aromatic nitrogens is 2. The zero-order valence-electron chi connectivity index (χ0n) is 11.8. The van der Waals surface area contributed by atoms with Crippen LogP contribution in [0.4, 0.5) is 11.6 Å². The second kappa shape index (κ2) is 6.52.